The Hall–Kier alpha value is -3.61. The van der Waals surface area contributed by atoms with Gasteiger partial charge in [0.25, 0.3) is 0 Å². The van der Waals surface area contributed by atoms with Crippen molar-refractivity contribution in [3.8, 4) is 0 Å². The minimum absolute atomic E-state index is 0.0126. The zero-order valence-corrected chi connectivity index (χ0v) is 19.8. The SMILES string of the molecule is CC(C)c1ccc(C(NC(=O)C2CC(F)CN2C(=O)Cc2ccccn2)c2ccccc2)cc1F. The Morgan fingerprint density at radius 2 is 1.80 bits per heavy atom. The lowest BCUT2D eigenvalue weighted by atomic mass is 9.94. The van der Waals surface area contributed by atoms with Gasteiger partial charge in [-0.25, -0.2) is 8.78 Å². The summed E-state index contributed by atoms with van der Waals surface area (Å²) in [5, 5.41) is 2.95. The Morgan fingerprint density at radius 3 is 2.46 bits per heavy atom. The Labute approximate surface area is 204 Å². The number of nitrogens with zero attached hydrogens (tertiary/aromatic N) is 2. The zero-order chi connectivity index (χ0) is 24.9. The number of nitrogens with one attached hydrogen (secondary N) is 1. The quantitative estimate of drug-likeness (QED) is 0.535. The molecule has 0 radical (unpaired) electrons. The lowest BCUT2D eigenvalue weighted by molar-refractivity contribution is -0.138. The van der Waals surface area contributed by atoms with Gasteiger partial charge in [0.1, 0.15) is 18.0 Å². The molecule has 7 heteroatoms. The summed E-state index contributed by atoms with van der Waals surface area (Å²) in [7, 11) is 0. The molecule has 1 N–H and O–H groups in total. The molecule has 182 valence electrons. The number of carbonyl (C=O) groups is 2. The molecular weight excluding hydrogens is 448 g/mol. The lowest BCUT2D eigenvalue weighted by Crippen LogP contribution is -2.47. The largest absolute Gasteiger partial charge is 0.343 e. The molecule has 3 unspecified atom stereocenters. The van der Waals surface area contributed by atoms with Crippen LogP contribution in [0, 0.1) is 5.82 Å². The normalized spacial score (nSPS) is 18.5. The van der Waals surface area contributed by atoms with Crippen LogP contribution in [0.25, 0.3) is 0 Å². The molecule has 3 aromatic rings. The predicted octanol–water partition coefficient (Wildman–Crippen LogP) is 4.73. The second-order valence-corrected chi connectivity index (χ2v) is 9.18. The molecule has 0 spiro atoms. The highest BCUT2D eigenvalue weighted by atomic mass is 19.1. The van der Waals surface area contributed by atoms with E-state index in [2.05, 4.69) is 10.3 Å². The van der Waals surface area contributed by atoms with Crippen molar-refractivity contribution in [2.24, 2.45) is 0 Å². The van der Waals surface area contributed by atoms with E-state index in [0.29, 0.717) is 16.8 Å². The first-order valence-corrected chi connectivity index (χ1v) is 11.8. The number of benzene rings is 2. The number of amides is 2. The molecule has 2 heterocycles. The van der Waals surface area contributed by atoms with E-state index < -0.39 is 24.2 Å². The summed E-state index contributed by atoms with van der Waals surface area (Å²) in [5.41, 5.74) is 2.49. The summed E-state index contributed by atoms with van der Waals surface area (Å²) in [5.74, 6) is -1.15. The third-order valence-electron chi connectivity index (χ3n) is 6.33. The number of hydrogen-bond donors (Lipinski definition) is 1. The van der Waals surface area contributed by atoms with E-state index in [1.165, 1.54) is 11.0 Å². The minimum Gasteiger partial charge on any atom is -0.343 e. The second-order valence-electron chi connectivity index (χ2n) is 9.18. The van der Waals surface area contributed by atoms with E-state index in [0.717, 1.165) is 5.56 Å². The monoisotopic (exact) mass is 477 g/mol. The number of rotatable bonds is 7. The van der Waals surface area contributed by atoms with E-state index in [9.17, 15) is 18.4 Å². The lowest BCUT2D eigenvalue weighted by Gasteiger charge is -2.27. The average molecular weight is 478 g/mol. The number of alkyl halides is 1. The van der Waals surface area contributed by atoms with E-state index >= 15 is 0 Å². The molecule has 1 aliphatic rings. The highest BCUT2D eigenvalue weighted by Gasteiger charge is 2.40. The number of halogens is 2. The van der Waals surface area contributed by atoms with Gasteiger partial charge in [0.2, 0.25) is 11.8 Å². The molecule has 5 nitrogen and oxygen atoms in total. The third kappa shape index (κ3) is 5.73. The van der Waals surface area contributed by atoms with Crippen LogP contribution in [0.2, 0.25) is 0 Å². The van der Waals surface area contributed by atoms with Crippen molar-refractivity contribution in [3.63, 3.8) is 0 Å². The topological polar surface area (TPSA) is 62.3 Å². The molecule has 0 bridgehead atoms. The zero-order valence-electron chi connectivity index (χ0n) is 19.8. The van der Waals surface area contributed by atoms with Crippen LogP contribution in [0.15, 0.2) is 72.9 Å². The van der Waals surface area contributed by atoms with Crippen molar-refractivity contribution in [3.05, 3.63) is 101 Å². The molecule has 1 aliphatic heterocycles. The van der Waals surface area contributed by atoms with Gasteiger partial charge in [0.05, 0.1) is 19.0 Å². The number of likely N-dealkylation sites (tertiary alicyclic amines) is 1. The maximum Gasteiger partial charge on any atom is 0.243 e. The van der Waals surface area contributed by atoms with Crippen LogP contribution in [0.3, 0.4) is 0 Å². The number of carbonyl (C=O) groups excluding carboxylic acids is 2. The molecule has 1 saturated heterocycles. The third-order valence-corrected chi connectivity index (χ3v) is 6.33. The summed E-state index contributed by atoms with van der Waals surface area (Å²) < 4.78 is 29.2. The smallest absolute Gasteiger partial charge is 0.243 e. The van der Waals surface area contributed by atoms with Crippen molar-refractivity contribution in [1.29, 1.82) is 0 Å². The van der Waals surface area contributed by atoms with Crippen molar-refractivity contribution in [2.75, 3.05) is 6.54 Å². The first kappa shape index (κ1) is 24.5. The minimum atomic E-state index is -1.30. The van der Waals surface area contributed by atoms with Gasteiger partial charge in [-0.2, -0.15) is 0 Å². The van der Waals surface area contributed by atoms with Crippen LogP contribution in [-0.2, 0) is 16.0 Å². The van der Waals surface area contributed by atoms with Gasteiger partial charge in [-0.05, 0) is 40.8 Å². The summed E-state index contributed by atoms with van der Waals surface area (Å²) >= 11 is 0. The Balaban J connectivity index is 1.58. The molecule has 1 aromatic heterocycles. The second kappa shape index (κ2) is 10.8. The number of aromatic nitrogens is 1. The Morgan fingerprint density at radius 1 is 1.06 bits per heavy atom. The molecular formula is C28H29F2N3O2. The molecule has 1 fully saturated rings. The van der Waals surface area contributed by atoms with Crippen LogP contribution < -0.4 is 5.32 Å². The van der Waals surface area contributed by atoms with Gasteiger partial charge < -0.3 is 10.2 Å². The maximum absolute atomic E-state index is 14.8. The van der Waals surface area contributed by atoms with Crippen LogP contribution in [0.4, 0.5) is 8.78 Å². The highest BCUT2D eigenvalue weighted by Crippen LogP contribution is 2.28. The van der Waals surface area contributed by atoms with E-state index in [-0.39, 0.29) is 37.0 Å². The van der Waals surface area contributed by atoms with Gasteiger partial charge >= 0.3 is 0 Å². The first-order chi connectivity index (χ1) is 16.8. The first-order valence-electron chi connectivity index (χ1n) is 11.8. The highest BCUT2D eigenvalue weighted by molar-refractivity contribution is 5.89. The molecule has 2 aromatic carbocycles. The van der Waals surface area contributed by atoms with Crippen molar-refractivity contribution < 1.29 is 18.4 Å². The fourth-order valence-electron chi connectivity index (χ4n) is 4.50. The van der Waals surface area contributed by atoms with Gasteiger partial charge in [-0.1, -0.05) is 62.4 Å². The molecule has 3 atom stereocenters. The summed E-state index contributed by atoms with van der Waals surface area (Å²) in [6.45, 7) is 3.69. The van der Waals surface area contributed by atoms with E-state index in [4.69, 9.17) is 0 Å². The van der Waals surface area contributed by atoms with Gasteiger partial charge in [-0.15, -0.1) is 0 Å². The van der Waals surface area contributed by atoms with Crippen LogP contribution >= 0.6 is 0 Å². The standard InChI is InChI=1S/C28H29F2N3O2/c1-18(2)23-12-11-20(14-24(23)30)27(19-8-4-3-5-9-19)32-28(35)25-15-21(29)17-33(25)26(34)16-22-10-6-7-13-31-22/h3-14,18,21,25,27H,15-17H2,1-2H3,(H,32,35). The number of hydrogen-bond acceptors (Lipinski definition) is 3. The summed E-state index contributed by atoms with van der Waals surface area (Å²) in [6.07, 6.45) is 0.197. The Kier molecular flexibility index (Phi) is 7.54. The average Bonchev–Trinajstić information content (AvgIpc) is 3.25. The van der Waals surface area contributed by atoms with Crippen LogP contribution in [0.1, 0.15) is 54.6 Å². The maximum atomic E-state index is 14.8. The van der Waals surface area contributed by atoms with E-state index in [1.807, 2.05) is 44.2 Å². The Bertz CT molecular complexity index is 1170. The van der Waals surface area contributed by atoms with Gasteiger partial charge in [0.15, 0.2) is 0 Å². The predicted molar refractivity (Wildman–Crippen MR) is 130 cm³/mol. The molecule has 4 rings (SSSR count). The van der Waals surface area contributed by atoms with Crippen molar-refractivity contribution in [2.45, 2.75) is 50.9 Å². The summed E-state index contributed by atoms with van der Waals surface area (Å²) in [4.78, 5) is 31.8. The summed E-state index contributed by atoms with van der Waals surface area (Å²) in [6, 6.07) is 17.8. The van der Waals surface area contributed by atoms with Gasteiger partial charge in [0, 0.05) is 18.3 Å². The number of pyridine rings is 1. The fraction of sp³-hybridized carbons (Fsp3) is 0.321. The van der Waals surface area contributed by atoms with Crippen molar-refractivity contribution >= 4 is 11.8 Å². The van der Waals surface area contributed by atoms with Crippen LogP contribution in [0.5, 0.6) is 0 Å². The van der Waals surface area contributed by atoms with Crippen molar-refractivity contribution in [1.82, 2.24) is 15.2 Å². The molecule has 0 aliphatic carbocycles. The fourth-order valence-corrected chi connectivity index (χ4v) is 4.50. The molecule has 35 heavy (non-hydrogen) atoms. The van der Waals surface area contributed by atoms with E-state index in [1.54, 1.807) is 36.5 Å². The molecule has 2 amide bonds. The van der Waals surface area contributed by atoms with Gasteiger partial charge in [-0.3, -0.25) is 14.6 Å². The molecule has 0 saturated carbocycles. The van der Waals surface area contributed by atoms with Crippen LogP contribution in [-0.4, -0.2) is 40.5 Å².